The number of carbonyl (C=O) groups is 1. The van der Waals surface area contributed by atoms with E-state index in [1.807, 2.05) is 0 Å². The lowest BCUT2D eigenvalue weighted by Gasteiger charge is -2.08. The molecule has 0 unspecified atom stereocenters. The predicted octanol–water partition coefficient (Wildman–Crippen LogP) is 2.74. The second-order valence-corrected chi connectivity index (χ2v) is 6.13. The molecule has 7 heteroatoms. The van der Waals surface area contributed by atoms with Gasteiger partial charge in [0.25, 0.3) is 10.0 Å². The van der Waals surface area contributed by atoms with Crippen LogP contribution in [0.2, 0.25) is 5.15 Å². The number of benzene rings is 1. The van der Waals surface area contributed by atoms with Crippen LogP contribution < -0.4 is 4.72 Å². The number of hydrogen-bond donors (Lipinski definition) is 1. The van der Waals surface area contributed by atoms with Crippen molar-refractivity contribution in [3.8, 4) is 0 Å². The van der Waals surface area contributed by atoms with E-state index in [0.29, 0.717) is 11.3 Å². The second-order valence-electron chi connectivity index (χ2n) is 4.06. The summed E-state index contributed by atoms with van der Waals surface area (Å²) < 4.78 is 26.7. The average Bonchev–Trinajstić information content (AvgIpc) is 2.38. The molecular formula is C13H11ClN2O3S. The van der Waals surface area contributed by atoms with Gasteiger partial charge in [-0.05, 0) is 31.2 Å². The van der Waals surface area contributed by atoms with E-state index in [-0.39, 0.29) is 15.8 Å². The number of ketones is 1. The molecule has 0 amide bonds. The zero-order chi connectivity index (χ0) is 14.8. The Morgan fingerprint density at radius 2 is 2.00 bits per heavy atom. The van der Waals surface area contributed by atoms with Crippen molar-refractivity contribution < 1.29 is 13.2 Å². The summed E-state index contributed by atoms with van der Waals surface area (Å²) in [4.78, 5) is 15.0. The van der Waals surface area contributed by atoms with Crippen molar-refractivity contribution in [1.29, 1.82) is 0 Å². The number of nitrogens with one attached hydrogen (secondary N) is 1. The molecule has 0 aliphatic heterocycles. The van der Waals surface area contributed by atoms with Crippen molar-refractivity contribution >= 4 is 33.1 Å². The van der Waals surface area contributed by atoms with Crippen LogP contribution in [0.1, 0.15) is 17.3 Å². The van der Waals surface area contributed by atoms with Crippen molar-refractivity contribution in [2.75, 3.05) is 4.72 Å². The fraction of sp³-hybridized carbons (Fsp3) is 0.0769. The highest BCUT2D eigenvalue weighted by Gasteiger charge is 2.15. The standard InChI is InChI=1S/C13H11ClN2O3S/c1-9(17)10-3-2-4-11(7-10)16-20(18,19)12-5-6-15-13(14)8-12/h2-8,16H,1H3. The third-order valence-corrected chi connectivity index (χ3v) is 4.12. The van der Waals surface area contributed by atoms with Crippen LogP contribution >= 0.6 is 11.6 Å². The lowest BCUT2D eigenvalue weighted by molar-refractivity contribution is 0.101. The van der Waals surface area contributed by atoms with E-state index in [2.05, 4.69) is 9.71 Å². The molecule has 2 rings (SSSR count). The van der Waals surface area contributed by atoms with Crippen LogP contribution in [-0.2, 0) is 10.0 Å². The Labute approximate surface area is 121 Å². The Kier molecular flexibility index (Phi) is 4.06. The van der Waals surface area contributed by atoms with Gasteiger partial charge in [-0.1, -0.05) is 23.7 Å². The highest BCUT2D eigenvalue weighted by atomic mass is 35.5. The third kappa shape index (κ3) is 3.34. The van der Waals surface area contributed by atoms with Crippen LogP contribution in [0.15, 0.2) is 47.5 Å². The Balaban J connectivity index is 2.33. The Morgan fingerprint density at radius 3 is 2.65 bits per heavy atom. The first-order chi connectivity index (χ1) is 9.38. The van der Waals surface area contributed by atoms with E-state index in [0.717, 1.165) is 0 Å². The average molecular weight is 311 g/mol. The van der Waals surface area contributed by atoms with E-state index < -0.39 is 10.0 Å². The minimum atomic E-state index is -3.76. The van der Waals surface area contributed by atoms with E-state index in [1.165, 1.54) is 31.3 Å². The number of carbonyl (C=O) groups excluding carboxylic acids is 1. The fourth-order valence-corrected chi connectivity index (χ4v) is 2.87. The molecule has 0 radical (unpaired) electrons. The maximum atomic E-state index is 12.2. The Morgan fingerprint density at radius 1 is 1.25 bits per heavy atom. The first-order valence-corrected chi connectivity index (χ1v) is 7.50. The van der Waals surface area contributed by atoms with Crippen molar-refractivity contribution in [2.24, 2.45) is 0 Å². The summed E-state index contributed by atoms with van der Waals surface area (Å²) in [7, 11) is -3.76. The lowest BCUT2D eigenvalue weighted by atomic mass is 10.1. The van der Waals surface area contributed by atoms with Crippen LogP contribution in [0.3, 0.4) is 0 Å². The third-order valence-electron chi connectivity index (χ3n) is 2.53. The maximum absolute atomic E-state index is 12.2. The van der Waals surface area contributed by atoms with Crippen molar-refractivity contribution in [1.82, 2.24) is 4.98 Å². The summed E-state index contributed by atoms with van der Waals surface area (Å²) in [5.41, 5.74) is 0.739. The van der Waals surface area contributed by atoms with Crippen molar-refractivity contribution in [3.63, 3.8) is 0 Å². The molecule has 0 spiro atoms. The highest BCUT2D eigenvalue weighted by molar-refractivity contribution is 7.92. The minimum absolute atomic E-state index is 0.00530. The van der Waals surface area contributed by atoms with Gasteiger partial charge in [0.05, 0.1) is 4.90 Å². The molecule has 5 nitrogen and oxygen atoms in total. The van der Waals surface area contributed by atoms with Crippen LogP contribution in [0.5, 0.6) is 0 Å². The minimum Gasteiger partial charge on any atom is -0.295 e. The van der Waals surface area contributed by atoms with Crippen molar-refractivity contribution in [2.45, 2.75) is 11.8 Å². The van der Waals surface area contributed by atoms with Gasteiger partial charge in [-0.3, -0.25) is 9.52 Å². The van der Waals surface area contributed by atoms with Crippen molar-refractivity contribution in [3.05, 3.63) is 53.3 Å². The molecule has 1 aromatic carbocycles. The number of aromatic nitrogens is 1. The van der Waals surface area contributed by atoms with Crippen LogP contribution in [0.4, 0.5) is 5.69 Å². The van der Waals surface area contributed by atoms with Gasteiger partial charge in [-0.25, -0.2) is 13.4 Å². The molecule has 1 aromatic heterocycles. The normalized spacial score (nSPS) is 11.1. The fourth-order valence-electron chi connectivity index (χ4n) is 1.57. The topological polar surface area (TPSA) is 76.1 Å². The number of halogens is 1. The molecule has 0 fully saturated rings. The van der Waals surface area contributed by atoms with E-state index >= 15 is 0 Å². The Hall–Kier alpha value is -1.92. The number of Topliss-reactive ketones (excluding diaryl/α,β-unsaturated/α-hetero) is 1. The zero-order valence-corrected chi connectivity index (χ0v) is 12.1. The molecule has 0 atom stereocenters. The largest absolute Gasteiger partial charge is 0.295 e. The second kappa shape index (κ2) is 5.60. The molecule has 0 aliphatic rings. The predicted molar refractivity (Wildman–Crippen MR) is 76.5 cm³/mol. The summed E-state index contributed by atoms with van der Waals surface area (Å²) in [6.45, 7) is 1.41. The van der Waals surface area contributed by atoms with Gasteiger partial charge < -0.3 is 0 Å². The molecule has 20 heavy (non-hydrogen) atoms. The molecule has 2 aromatic rings. The van der Waals surface area contributed by atoms with E-state index in [9.17, 15) is 13.2 Å². The summed E-state index contributed by atoms with van der Waals surface area (Å²) in [6.07, 6.45) is 1.31. The van der Waals surface area contributed by atoms with Crippen LogP contribution in [0.25, 0.3) is 0 Å². The van der Waals surface area contributed by atoms with Gasteiger partial charge in [0.15, 0.2) is 5.78 Å². The molecule has 1 N–H and O–H groups in total. The van der Waals surface area contributed by atoms with E-state index in [1.54, 1.807) is 18.2 Å². The maximum Gasteiger partial charge on any atom is 0.262 e. The van der Waals surface area contributed by atoms with Gasteiger partial charge in [0.2, 0.25) is 0 Å². The van der Waals surface area contributed by atoms with Gasteiger partial charge in [0.1, 0.15) is 5.15 Å². The van der Waals surface area contributed by atoms with E-state index in [4.69, 9.17) is 11.6 Å². The molecule has 0 bridgehead atoms. The quantitative estimate of drug-likeness (QED) is 0.696. The lowest BCUT2D eigenvalue weighted by Crippen LogP contribution is -2.13. The number of nitrogens with zero attached hydrogens (tertiary/aromatic N) is 1. The number of hydrogen-bond acceptors (Lipinski definition) is 4. The molecule has 104 valence electrons. The monoisotopic (exact) mass is 310 g/mol. The highest BCUT2D eigenvalue weighted by Crippen LogP contribution is 2.18. The molecular weight excluding hydrogens is 300 g/mol. The first kappa shape index (κ1) is 14.5. The van der Waals surface area contributed by atoms with Gasteiger partial charge in [0, 0.05) is 17.4 Å². The van der Waals surface area contributed by atoms with Gasteiger partial charge in [-0.2, -0.15) is 0 Å². The number of sulfonamides is 1. The molecule has 0 saturated heterocycles. The molecule has 0 saturated carbocycles. The first-order valence-electron chi connectivity index (χ1n) is 5.64. The smallest absolute Gasteiger partial charge is 0.262 e. The number of rotatable bonds is 4. The summed E-state index contributed by atoms with van der Waals surface area (Å²) >= 11 is 5.67. The number of pyridine rings is 1. The van der Waals surface area contributed by atoms with Gasteiger partial charge in [-0.15, -0.1) is 0 Å². The zero-order valence-electron chi connectivity index (χ0n) is 10.5. The molecule has 0 aliphatic carbocycles. The summed E-state index contributed by atoms with van der Waals surface area (Å²) in [6, 6.07) is 8.84. The Bertz CT molecular complexity index is 760. The number of anilines is 1. The van der Waals surface area contributed by atoms with Crippen LogP contribution in [-0.4, -0.2) is 19.2 Å². The summed E-state index contributed by atoms with van der Waals surface area (Å²) in [5, 5.41) is 0.0883. The molecule has 1 heterocycles. The van der Waals surface area contributed by atoms with Gasteiger partial charge >= 0.3 is 0 Å². The summed E-state index contributed by atoms with van der Waals surface area (Å²) in [5.74, 6) is -0.141. The SMILES string of the molecule is CC(=O)c1cccc(NS(=O)(=O)c2ccnc(Cl)c2)c1. The van der Waals surface area contributed by atoms with Crippen LogP contribution in [0, 0.1) is 0 Å².